The molecule has 0 amide bonds. The minimum atomic E-state index is 0.600. The summed E-state index contributed by atoms with van der Waals surface area (Å²) in [5.41, 5.74) is 2.38. The summed E-state index contributed by atoms with van der Waals surface area (Å²) in [6.07, 6.45) is 0.797. The van der Waals surface area contributed by atoms with Crippen LogP contribution in [0.5, 0.6) is 0 Å². The molecule has 1 aromatic heterocycles. The van der Waals surface area contributed by atoms with Gasteiger partial charge in [0.25, 0.3) is 0 Å². The topological polar surface area (TPSA) is 25.8 Å². The summed E-state index contributed by atoms with van der Waals surface area (Å²) in [6.45, 7) is 2.07. The Morgan fingerprint density at radius 2 is 1.93 bits per heavy atom. The second-order valence-electron chi connectivity index (χ2n) is 3.31. The molecule has 1 aromatic carbocycles. The van der Waals surface area contributed by atoms with E-state index in [4.69, 9.17) is 11.6 Å². The molecule has 0 saturated carbocycles. The van der Waals surface area contributed by atoms with Crippen molar-refractivity contribution >= 4 is 22.9 Å². The number of hydrogen-bond acceptors (Lipinski definition) is 3. The number of alkyl halides is 1. The molecule has 0 atom stereocenters. The Kier molecular flexibility index (Phi) is 3.34. The molecule has 15 heavy (non-hydrogen) atoms. The molecule has 0 aliphatic heterocycles. The SMILES string of the molecule is Cc1ccc(-c2nnc(CCCl)s2)cc1. The summed E-state index contributed by atoms with van der Waals surface area (Å²) in [4.78, 5) is 0. The van der Waals surface area contributed by atoms with Crippen molar-refractivity contribution in [2.75, 3.05) is 5.88 Å². The van der Waals surface area contributed by atoms with Crippen molar-refractivity contribution < 1.29 is 0 Å². The lowest BCUT2D eigenvalue weighted by Gasteiger charge is -1.95. The third kappa shape index (κ3) is 2.55. The summed E-state index contributed by atoms with van der Waals surface area (Å²) < 4.78 is 0. The third-order valence-corrected chi connectivity index (χ3v) is 3.29. The van der Waals surface area contributed by atoms with Crippen LogP contribution >= 0.6 is 22.9 Å². The van der Waals surface area contributed by atoms with Crippen molar-refractivity contribution in [1.82, 2.24) is 10.2 Å². The van der Waals surface area contributed by atoms with Gasteiger partial charge in [0.05, 0.1) is 0 Å². The highest BCUT2D eigenvalue weighted by molar-refractivity contribution is 7.14. The van der Waals surface area contributed by atoms with Crippen LogP contribution in [0.25, 0.3) is 10.6 Å². The highest BCUT2D eigenvalue weighted by Gasteiger charge is 2.05. The average Bonchev–Trinajstić information content (AvgIpc) is 2.68. The van der Waals surface area contributed by atoms with Crippen molar-refractivity contribution in [2.24, 2.45) is 0 Å². The van der Waals surface area contributed by atoms with Crippen molar-refractivity contribution in [2.45, 2.75) is 13.3 Å². The monoisotopic (exact) mass is 238 g/mol. The molecule has 2 aromatic rings. The first kappa shape index (κ1) is 10.6. The van der Waals surface area contributed by atoms with Gasteiger partial charge in [0.1, 0.15) is 10.0 Å². The van der Waals surface area contributed by atoms with Gasteiger partial charge in [0.15, 0.2) is 0 Å². The van der Waals surface area contributed by atoms with Gasteiger partial charge in [0, 0.05) is 17.9 Å². The molecule has 0 spiro atoms. The fourth-order valence-electron chi connectivity index (χ4n) is 1.25. The summed E-state index contributed by atoms with van der Waals surface area (Å²) in [5.74, 6) is 0.600. The fourth-order valence-corrected chi connectivity index (χ4v) is 2.38. The van der Waals surface area contributed by atoms with Crippen molar-refractivity contribution in [3.8, 4) is 10.6 Å². The highest BCUT2D eigenvalue weighted by Crippen LogP contribution is 2.23. The van der Waals surface area contributed by atoms with Crippen molar-refractivity contribution in [3.05, 3.63) is 34.8 Å². The van der Waals surface area contributed by atoms with Gasteiger partial charge in [-0.2, -0.15) is 0 Å². The second-order valence-corrected chi connectivity index (χ2v) is 4.75. The predicted octanol–water partition coefficient (Wildman–Crippen LogP) is 3.29. The number of hydrogen-bond donors (Lipinski definition) is 0. The zero-order chi connectivity index (χ0) is 10.7. The maximum absolute atomic E-state index is 5.65. The summed E-state index contributed by atoms with van der Waals surface area (Å²) in [7, 11) is 0. The van der Waals surface area contributed by atoms with Gasteiger partial charge in [-0.05, 0) is 6.92 Å². The van der Waals surface area contributed by atoms with E-state index in [-0.39, 0.29) is 0 Å². The number of nitrogens with zero attached hydrogens (tertiary/aromatic N) is 2. The van der Waals surface area contributed by atoms with Crippen LogP contribution in [-0.4, -0.2) is 16.1 Å². The second kappa shape index (κ2) is 4.73. The molecule has 0 N–H and O–H groups in total. The van der Waals surface area contributed by atoms with E-state index in [0.717, 1.165) is 22.0 Å². The average molecular weight is 239 g/mol. The summed E-state index contributed by atoms with van der Waals surface area (Å²) in [5, 5.41) is 10.2. The van der Waals surface area contributed by atoms with Gasteiger partial charge in [-0.15, -0.1) is 21.8 Å². The zero-order valence-corrected chi connectivity index (χ0v) is 9.98. The molecular weight excluding hydrogens is 228 g/mol. The minimum absolute atomic E-state index is 0.600. The van der Waals surface area contributed by atoms with Gasteiger partial charge in [-0.1, -0.05) is 41.2 Å². The van der Waals surface area contributed by atoms with E-state index in [1.165, 1.54) is 5.56 Å². The Morgan fingerprint density at radius 3 is 2.60 bits per heavy atom. The van der Waals surface area contributed by atoms with Gasteiger partial charge in [-0.3, -0.25) is 0 Å². The maximum Gasteiger partial charge on any atom is 0.147 e. The first-order valence-electron chi connectivity index (χ1n) is 4.75. The molecule has 0 saturated heterocycles. The van der Waals surface area contributed by atoms with Crippen LogP contribution in [0.4, 0.5) is 0 Å². The normalized spacial score (nSPS) is 10.5. The number of aromatic nitrogens is 2. The summed E-state index contributed by atoms with van der Waals surface area (Å²) >= 11 is 7.26. The first-order valence-corrected chi connectivity index (χ1v) is 6.10. The summed E-state index contributed by atoms with van der Waals surface area (Å²) in [6, 6.07) is 8.30. The molecule has 4 heteroatoms. The molecule has 0 radical (unpaired) electrons. The highest BCUT2D eigenvalue weighted by atomic mass is 35.5. The maximum atomic E-state index is 5.65. The van der Waals surface area contributed by atoms with E-state index in [1.54, 1.807) is 11.3 Å². The van der Waals surface area contributed by atoms with Gasteiger partial charge < -0.3 is 0 Å². The van der Waals surface area contributed by atoms with Gasteiger partial charge in [-0.25, -0.2) is 0 Å². The smallest absolute Gasteiger partial charge is 0.143 e. The number of benzene rings is 1. The van der Waals surface area contributed by atoms with E-state index in [0.29, 0.717) is 5.88 Å². The van der Waals surface area contributed by atoms with Crippen LogP contribution in [0.1, 0.15) is 10.6 Å². The van der Waals surface area contributed by atoms with Gasteiger partial charge in [0.2, 0.25) is 0 Å². The van der Waals surface area contributed by atoms with E-state index in [9.17, 15) is 0 Å². The Hall–Kier alpha value is -0.930. The third-order valence-electron chi connectivity index (χ3n) is 2.07. The van der Waals surface area contributed by atoms with Crippen LogP contribution in [0.2, 0.25) is 0 Å². The largest absolute Gasteiger partial charge is 0.147 e. The number of rotatable bonds is 3. The lowest BCUT2D eigenvalue weighted by molar-refractivity contribution is 0.990. The molecular formula is C11H11ClN2S. The molecule has 2 nitrogen and oxygen atoms in total. The fraction of sp³-hybridized carbons (Fsp3) is 0.273. The molecule has 78 valence electrons. The lowest BCUT2D eigenvalue weighted by Crippen LogP contribution is -1.83. The Morgan fingerprint density at radius 1 is 1.20 bits per heavy atom. The van der Waals surface area contributed by atoms with Crippen LogP contribution < -0.4 is 0 Å². The molecule has 0 bridgehead atoms. The predicted molar refractivity (Wildman–Crippen MR) is 64.5 cm³/mol. The van der Waals surface area contributed by atoms with E-state index in [2.05, 4.69) is 41.4 Å². The van der Waals surface area contributed by atoms with Crippen LogP contribution in [0.15, 0.2) is 24.3 Å². The van der Waals surface area contributed by atoms with Crippen LogP contribution in [0.3, 0.4) is 0 Å². The van der Waals surface area contributed by atoms with Crippen molar-refractivity contribution in [1.29, 1.82) is 0 Å². The number of aryl methyl sites for hydroxylation is 2. The molecule has 0 aliphatic carbocycles. The quantitative estimate of drug-likeness (QED) is 0.767. The zero-order valence-electron chi connectivity index (χ0n) is 8.40. The van der Waals surface area contributed by atoms with Crippen LogP contribution in [-0.2, 0) is 6.42 Å². The molecule has 0 unspecified atom stereocenters. The Labute approximate surface area is 97.9 Å². The first-order chi connectivity index (χ1) is 7.29. The van der Waals surface area contributed by atoms with Gasteiger partial charge >= 0.3 is 0 Å². The van der Waals surface area contributed by atoms with E-state index in [1.807, 2.05) is 0 Å². The molecule has 2 rings (SSSR count). The minimum Gasteiger partial charge on any atom is -0.143 e. The standard InChI is InChI=1S/C11H11ClN2S/c1-8-2-4-9(5-3-8)11-14-13-10(15-11)6-7-12/h2-5H,6-7H2,1H3. The molecule has 1 heterocycles. The van der Waals surface area contributed by atoms with E-state index >= 15 is 0 Å². The van der Waals surface area contributed by atoms with Crippen LogP contribution in [0, 0.1) is 6.92 Å². The molecule has 0 aliphatic rings. The Balaban J connectivity index is 2.25. The Bertz CT molecular complexity index is 436. The lowest BCUT2D eigenvalue weighted by atomic mass is 10.2. The number of halogens is 1. The van der Waals surface area contributed by atoms with E-state index < -0.39 is 0 Å². The molecule has 0 fully saturated rings. The van der Waals surface area contributed by atoms with Crippen molar-refractivity contribution in [3.63, 3.8) is 0 Å².